The third-order valence-corrected chi connectivity index (χ3v) is 2.36. The van der Waals surface area contributed by atoms with Gasteiger partial charge in [-0.15, -0.1) is 0 Å². The molecule has 7 heteroatoms. The summed E-state index contributed by atoms with van der Waals surface area (Å²) >= 11 is 8.16. The summed E-state index contributed by atoms with van der Waals surface area (Å²) in [6.45, 7) is 0. The first-order chi connectivity index (χ1) is 7.52. The number of benzene rings is 1. The first-order valence-electron chi connectivity index (χ1n) is 4.24. The molecule has 0 radical (unpaired) electrons. The summed E-state index contributed by atoms with van der Waals surface area (Å²) in [5.74, 6) is 0. The summed E-state index contributed by atoms with van der Waals surface area (Å²) in [5, 5.41) is 5.21. The van der Waals surface area contributed by atoms with E-state index in [1.807, 2.05) is 0 Å². The predicted molar refractivity (Wildman–Crippen MR) is 70.3 cm³/mol. The lowest BCUT2D eigenvalue weighted by atomic mass is 10.3. The van der Waals surface area contributed by atoms with Crippen LogP contribution in [-0.4, -0.2) is 18.3 Å². The van der Waals surface area contributed by atoms with Crippen LogP contribution in [0, 0.1) is 0 Å². The Labute approximate surface area is 106 Å². The second kappa shape index (κ2) is 5.66. The van der Waals surface area contributed by atoms with Crippen LogP contribution in [0.15, 0.2) is 22.7 Å². The molecule has 0 saturated carbocycles. The Hall–Kier alpha value is -1.34. The fraction of sp³-hybridized carbons (Fsp3) is 0.111. The Kier molecular flexibility index (Phi) is 4.51. The highest BCUT2D eigenvalue weighted by atomic mass is 79.9. The first-order valence-corrected chi connectivity index (χ1v) is 5.44. The monoisotopic (exact) mass is 303 g/mol. The molecule has 1 rings (SSSR count). The number of hydrogen-bond donors (Lipinski definition) is 3. The van der Waals surface area contributed by atoms with E-state index in [1.54, 1.807) is 18.2 Å². The quantitative estimate of drug-likeness (QED) is 0.547. The fourth-order valence-electron chi connectivity index (χ4n) is 0.945. The van der Waals surface area contributed by atoms with Gasteiger partial charge in [-0.05, 0) is 30.4 Å². The number of halogens is 1. The van der Waals surface area contributed by atoms with Gasteiger partial charge in [0.25, 0.3) is 0 Å². The fourth-order valence-corrected chi connectivity index (χ4v) is 1.52. The highest BCUT2D eigenvalue weighted by Crippen LogP contribution is 2.22. The number of rotatable bonds is 1. The van der Waals surface area contributed by atoms with Gasteiger partial charge in [-0.25, -0.2) is 4.79 Å². The van der Waals surface area contributed by atoms with E-state index in [2.05, 4.69) is 31.3 Å². The lowest BCUT2D eigenvalue weighted by Gasteiger charge is -2.10. The molecule has 5 nitrogen and oxygen atoms in total. The molecule has 0 aliphatic heterocycles. The Balaban J connectivity index is 2.66. The molecule has 1 aromatic carbocycles. The summed E-state index contributed by atoms with van der Waals surface area (Å²) in [4.78, 5) is 10.9. The average molecular weight is 304 g/mol. The van der Waals surface area contributed by atoms with E-state index in [1.165, 1.54) is 7.11 Å². The predicted octanol–water partition coefficient (Wildman–Crippen LogP) is 2.08. The van der Waals surface area contributed by atoms with Crippen molar-refractivity contribution >= 4 is 50.7 Å². The minimum absolute atomic E-state index is 0.126. The molecular formula is C9H10BrN3O2S. The number of carbonyl (C=O) groups is 1. The molecule has 16 heavy (non-hydrogen) atoms. The average Bonchev–Trinajstić information content (AvgIpc) is 2.22. The molecule has 0 saturated heterocycles. The molecule has 0 aromatic heterocycles. The van der Waals surface area contributed by atoms with Gasteiger partial charge in [0.2, 0.25) is 0 Å². The smallest absolute Gasteiger partial charge is 0.413 e. The van der Waals surface area contributed by atoms with Gasteiger partial charge in [0, 0.05) is 4.47 Å². The SMILES string of the molecule is COC(=O)NC(=S)Nc1ccc(Br)cc1N. The minimum Gasteiger partial charge on any atom is -0.453 e. The molecule has 0 spiro atoms. The maximum absolute atomic E-state index is 10.9. The lowest BCUT2D eigenvalue weighted by Crippen LogP contribution is -2.34. The molecule has 0 atom stereocenters. The molecule has 1 aromatic rings. The number of amides is 1. The number of nitrogen functional groups attached to an aromatic ring is 1. The molecule has 4 N–H and O–H groups in total. The topological polar surface area (TPSA) is 76.4 Å². The van der Waals surface area contributed by atoms with E-state index < -0.39 is 6.09 Å². The van der Waals surface area contributed by atoms with Crippen LogP contribution in [0.4, 0.5) is 16.2 Å². The molecular weight excluding hydrogens is 294 g/mol. The largest absolute Gasteiger partial charge is 0.453 e. The number of carbonyl (C=O) groups excluding carboxylic acids is 1. The molecule has 1 amide bonds. The van der Waals surface area contributed by atoms with Crippen molar-refractivity contribution in [2.24, 2.45) is 0 Å². The summed E-state index contributed by atoms with van der Waals surface area (Å²) in [6, 6.07) is 5.27. The van der Waals surface area contributed by atoms with Gasteiger partial charge in [0.1, 0.15) is 0 Å². The summed E-state index contributed by atoms with van der Waals surface area (Å²) in [5.41, 5.74) is 6.87. The van der Waals surface area contributed by atoms with Crippen LogP contribution in [0.1, 0.15) is 0 Å². The lowest BCUT2D eigenvalue weighted by molar-refractivity contribution is 0.177. The van der Waals surface area contributed by atoms with E-state index in [0.29, 0.717) is 11.4 Å². The molecule has 0 heterocycles. The van der Waals surface area contributed by atoms with Crippen molar-refractivity contribution in [2.75, 3.05) is 18.2 Å². The van der Waals surface area contributed by atoms with E-state index >= 15 is 0 Å². The van der Waals surface area contributed by atoms with Gasteiger partial charge in [-0.2, -0.15) is 0 Å². The Bertz CT molecular complexity index is 425. The molecule has 86 valence electrons. The van der Waals surface area contributed by atoms with Crippen LogP contribution >= 0.6 is 28.1 Å². The number of ether oxygens (including phenoxy) is 1. The van der Waals surface area contributed by atoms with Crippen LogP contribution < -0.4 is 16.4 Å². The number of nitrogens with one attached hydrogen (secondary N) is 2. The molecule has 0 aliphatic rings. The van der Waals surface area contributed by atoms with Crippen LogP contribution in [-0.2, 0) is 4.74 Å². The number of anilines is 2. The van der Waals surface area contributed by atoms with Crippen molar-refractivity contribution in [3.05, 3.63) is 22.7 Å². The zero-order valence-corrected chi connectivity index (χ0v) is 10.8. The molecule has 0 fully saturated rings. The second-order valence-electron chi connectivity index (χ2n) is 2.80. The summed E-state index contributed by atoms with van der Waals surface area (Å²) < 4.78 is 5.25. The maximum atomic E-state index is 10.9. The Morgan fingerprint density at radius 1 is 1.56 bits per heavy atom. The first kappa shape index (κ1) is 12.7. The van der Waals surface area contributed by atoms with Crippen molar-refractivity contribution in [1.29, 1.82) is 0 Å². The van der Waals surface area contributed by atoms with E-state index in [9.17, 15) is 4.79 Å². The van der Waals surface area contributed by atoms with Gasteiger partial charge in [0.15, 0.2) is 5.11 Å². The Morgan fingerprint density at radius 3 is 2.81 bits per heavy atom. The Morgan fingerprint density at radius 2 is 2.25 bits per heavy atom. The summed E-state index contributed by atoms with van der Waals surface area (Å²) in [7, 11) is 1.26. The van der Waals surface area contributed by atoms with Crippen LogP contribution in [0.5, 0.6) is 0 Å². The minimum atomic E-state index is -0.631. The van der Waals surface area contributed by atoms with E-state index in [0.717, 1.165) is 4.47 Å². The zero-order valence-electron chi connectivity index (χ0n) is 8.41. The number of thiocarbonyl (C=S) groups is 1. The third-order valence-electron chi connectivity index (χ3n) is 1.66. The van der Waals surface area contributed by atoms with Crippen LogP contribution in [0.25, 0.3) is 0 Å². The molecule has 0 unspecified atom stereocenters. The van der Waals surface area contributed by atoms with Crippen LogP contribution in [0.2, 0.25) is 0 Å². The van der Waals surface area contributed by atoms with Gasteiger partial charge in [-0.3, -0.25) is 5.32 Å². The second-order valence-corrected chi connectivity index (χ2v) is 4.13. The van der Waals surface area contributed by atoms with Crippen molar-refractivity contribution in [3.63, 3.8) is 0 Å². The van der Waals surface area contributed by atoms with Gasteiger partial charge in [0.05, 0.1) is 18.5 Å². The standard InChI is InChI=1S/C9H10BrN3O2S/c1-15-9(14)13-8(16)12-7-3-2-5(10)4-6(7)11/h2-4H,11H2,1H3,(H2,12,13,14,16). The summed E-state index contributed by atoms with van der Waals surface area (Å²) in [6.07, 6.45) is -0.631. The number of methoxy groups -OCH3 is 1. The van der Waals surface area contributed by atoms with Crippen molar-refractivity contribution in [3.8, 4) is 0 Å². The van der Waals surface area contributed by atoms with Gasteiger partial charge in [-0.1, -0.05) is 15.9 Å². The highest BCUT2D eigenvalue weighted by Gasteiger charge is 2.05. The van der Waals surface area contributed by atoms with E-state index in [-0.39, 0.29) is 5.11 Å². The van der Waals surface area contributed by atoms with Crippen LogP contribution in [0.3, 0.4) is 0 Å². The number of nitrogens with two attached hydrogens (primary N) is 1. The molecule has 0 aliphatic carbocycles. The van der Waals surface area contributed by atoms with Crippen molar-refractivity contribution in [1.82, 2.24) is 5.32 Å². The van der Waals surface area contributed by atoms with Crippen molar-refractivity contribution in [2.45, 2.75) is 0 Å². The molecule has 0 bridgehead atoms. The maximum Gasteiger partial charge on any atom is 0.413 e. The van der Waals surface area contributed by atoms with Gasteiger partial charge >= 0.3 is 6.09 Å². The van der Waals surface area contributed by atoms with Gasteiger partial charge < -0.3 is 15.8 Å². The highest BCUT2D eigenvalue weighted by molar-refractivity contribution is 9.10. The number of hydrogen-bond acceptors (Lipinski definition) is 4. The number of alkyl carbamates (subject to hydrolysis) is 1. The third kappa shape index (κ3) is 3.67. The van der Waals surface area contributed by atoms with E-state index in [4.69, 9.17) is 18.0 Å². The normalized spacial score (nSPS) is 9.38. The zero-order chi connectivity index (χ0) is 12.1. The van der Waals surface area contributed by atoms with Crippen molar-refractivity contribution < 1.29 is 9.53 Å².